The zero-order chi connectivity index (χ0) is 10.8. The molecule has 1 aliphatic rings. The van der Waals surface area contributed by atoms with Crippen molar-refractivity contribution >= 4 is 11.3 Å². The van der Waals surface area contributed by atoms with Gasteiger partial charge in [-0.3, -0.25) is 0 Å². The van der Waals surface area contributed by atoms with E-state index >= 15 is 0 Å². The van der Waals surface area contributed by atoms with E-state index in [0.717, 1.165) is 13.2 Å². The third kappa shape index (κ3) is 2.25. The predicted molar refractivity (Wildman–Crippen MR) is 64.5 cm³/mol. The summed E-state index contributed by atoms with van der Waals surface area (Å²) in [5.74, 6) is 0.641. The second-order valence-corrected chi connectivity index (χ2v) is 5.73. The van der Waals surface area contributed by atoms with Crippen LogP contribution in [0.3, 0.4) is 0 Å². The summed E-state index contributed by atoms with van der Waals surface area (Å²) in [6.07, 6.45) is 1.50. The molecular formula is C12H19NOS. The molecule has 2 atom stereocenters. The highest BCUT2D eigenvalue weighted by Gasteiger charge is 2.30. The minimum atomic E-state index is 0.322. The van der Waals surface area contributed by atoms with E-state index in [4.69, 9.17) is 4.74 Å². The molecular weight excluding hydrogens is 206 g/mol. The van der Waals surface area contributed by atoms with Crippen molar-refractivity contribution in [2.45, 2.75) is 26.4 Å². The second kappa shape index (κ2) is 4.64. The molecule has 0 amide bonds. The molecule has 1 aromatic rings. The average molecular weight is 225 g/mol. The van der Waals surface area contributed by atoms with Crippen molar-refractivity contribution in [1.29, 1.82) is 0 Å². The maximum absolute atomic E-state index is 5.86. The van der Waals surface area contributed by atoms with E-state index in [9.17, 15) is 0 Å². The van der Waals surface area contributed by atoms with E-state index in [-0.39, 0.29) is 0 Å². The molecule has 84 valence electrons. The normalized spacial score (nSPS) is 26.1. The summed E-state index contributed by atoms with van der Waals surface area (Å²) in [6.45, 7) is 6.33. The smallest absolute Gasteiger partial charge is 0.0876 e. The lowest BCUT2D eigenvalue weighted by atomic mass is 9.95. The van der Waals surface area contributed by atoms with E-state index in [1.807, 2.05) is 18.4 Å². The van der Waals surface area contributed by atoms with Crippen molar-refractivity contribution < 1.29 is 4.74 Å². The van der Waals surface area contributed by atoms with E-state index in [2.05, 4.69) is 25.2 Å². The molecule has 0 aromatic carbocycles. The van der Waals surface area contributed by atoms with E-state index in [1.165, 1.54) is 21.7 Å². The minimum Gasteiger partial charge on any atom is -0.373 e. The Labute approximate surface area is 95.6 Å². The molecule has 0 radical (unpaired) electrons. The molecule has 1 saturated heterocycles. The fourth-order valence-corrected chi connectivity index (χ4v) is 3.34. The van der Waals surface area contributed by atoms with Crippen LogP contribution in [0.25, 0.3) is 0 Å². The topological polar surface area (TPSA) is 21.3 Å². The molecule has 2 rings (SSSR count). The predicted octanol–water partition coefficient (Wildman–Crippen LogP) is 2.66. The first-order valence-corrected chi connectivity index (χ1v) is 6.37. The number of aryl methyl sites for hydroxylation is 2. The van der Waals surface area contributed by atoms with Gasteiger partial charge in [0.2, 0.25) is 0 Å². The van der Waals surface area contributed by atoms with Gasteiger partial charge in [-0.25, -0.2) is 0 Å². The van der Waals surface area contributed by atoms with Crippen molar-refractivity contribution in [3.63, 3.8) is 0 Å². The highest BCUT2D eigenvalue weighted by Crippen LogP contribution is 2.38. The Morgan fingerprint density at radius 2 is 2.33 bits per heavy atom. The number of nitrogens with one attached hydrogen (secondary N) is 1. The first-order valence-electron chi connectivity index (χ1n) is 5.55. The number of thiophene rings is 1. The Kier molecular flexibility index (Phi) is 3.44. The van der Waals surface area contributed by atoms with E-state index in [1.54, 1.807) is 0 Å². The molecule has 1 N–H and O–H groups in total. The number of hydrogen-bond donors (Lipinski definition) is 1. The first-order chi connectivity index (χ1) is 7.22. The van der Waals surface area contributed by atoms with Crippen molar-refractivity contribution in [3.05, 3.63) is 21.4 Å². The highest BCUT2D eigenvalue weighted by atomic mass is 32.1. The van der Waals surface area contributed by atoms with Crippen molar-refractivity contribution in [2.75, 3.05) is 20.2 Å². The van der Waals surface area contributed by atoms with Crippen LogP contribution in [0.1, 0.15) is 27.8 Å². The number of ether oxygens (including phenoxy) is 1. The van der Waals surface area contributed by atoms with Crippen molar-refractivity contribution in [3.8, 4) is 0 Å². The van der Waals surface area contributed by atoms with Crippen molar-refractivity contribution in [2.24, 2.45) is 5.92 Å². The van der Waals surface area contributed by atoms with Gasteiger partial charge in [0.15, 0.2) is 0 Å². The van der Waals surface area contributed by atoms with Gasteiger partial charge < -0.3 is 10.1 Å². The lowest BCUT2D eigenvalue weighted by Crippen LogP contribution is -2.21. The molecule has 3 heteroatoms. The number of hydrogen-bond acceptors (Lipinski definition) is 3. The Morgan fingerprint density at radius 3 is 2.93 bits per heavy atom. The quantitative estimate of drug-likeness (QED) is 0.854. The van der Waals surface area contributed by atoms with Crippen LogP contribution >= 0.6 is 11.3 Å². The maximum atomic E-state index is 5.86. The average Bonchev–Trinajstić information content (AvgIpc) is 2.73. The fraction of sp³-hybridized carbons (Fsp3) is 0.667. The molecule has 2 heterocycles. The lowest BCUT2D eigenvalue weighted by molar-refractivity contribution is 0.0908. The van der Waals surface area contributed by atoms with Crippen LogP contribution in [0.4, 0.5) is 0 Å². The van der Waals surface area contributed by atoms with Gasteiger partial charge in [0.05, 0.1) is 6.10 Å². The van der Waals surface area contributed by atoms with Crippen LogP contribution in [-0.2, 0) is 4.74 Å². The molecule has 0 aliphatic carbocycles. The fourth-order valence-electron chi connectivity index (χ4n) is 2.38. The van der Waals surface area contributed by atoms with Gasteiger partial charge in [0.1, 0.15) is 0 Å². The van der Waals surface area contributed by atoms with E-state index < -0.39 is 0 Å². The zero-order valence-electron chi connectivity index (χ0n) is 9.67. The highest BCUT2D eigenvalue weighted by molar-refractivity contribution is 7.12. The van der Waals surface area contributed by atoms with Crippen molar-refractivity contribution in [1.82, 2.24) is 5.32 Å². The second-order valence-electron chi connectivity index (χ2n) is 4.27. The summed E-state index contributed by atoms with van der Waals surface area (Å²) >= 11 is 1.88. The summed E-state index contributed by atoms with van der Waals surface area (Å²) in [6, 6.07) is 2.29. The third-order valence-electron chi connectivity index (χ3n) is 3.07. The molecule has 1 aliphatic heterocycles. The Morgan fingerprint density at radius 1 is 1.53 bits per heavy atom. The van der Waals surface area contributed by atoms with Crippen LogP contribution < -0.4 is 5.32 Å². The van der Waals surface area contributed by atoms with Gasteiger partial charge in [-0.1, -0.05) is 0 Å². The van der Waals surface area contributed by atoms with Gasteiger partial charge in [-0.05, 0) is 38.9 Å². The van der Waals surface area contributed by atoms with Gasteiger partial charge in [-0.2, -0.15) is 0 Å². The summed E-state index contributed by atoms with van der Waals surface area (Å²) < 4.78 is 5.86. The lowest BCUT2D eigenvalue weighted by Gasteiger charge is -2.18. The largest absolute Gasteiger partial charge is 0.373 e. The van der Waals surface area contributed by atoms with Gasteiger partial charge in [-0.15, -0.1) is 11.3 Å². The summed E-state index contributed by atoms with van der Waals surface area (Å²) in [5, 5.41) is 3.26. The zero-order valence-corrected chi connectivity index (χ0v) is 10.5. The van der Waals surface area contributed by atoms with Crippen LogP contribution in [-0.4, -0.2) is 20.2 Å². The van der Waals surface area contributed by atoms with Crippen LogP contribution in [0, 0.1) is 19.8 Å². The molecule has 2 unspecified atom stereocenters. The summed E-state index contributed by atoms with van der Waals surface area (Å²) in [5.41, 5.74) is 1.41. The molecule has 15 heavy (non-hydrogen) atoms. The van der Waals surface area contributed by atoms with E-state index in [0.29, 0.717) is 12.0 Å². The molecule has 0 saturated carbocycles. The minimum absolute atomic E-state index is 0.322. The maximum Gasteiger partial charge on any atom is 0.0876 e. The molecule has 1 fully saturated rings. The standard InChI is InChI=1S/C12H19NOS/c1-8-6-11(9(2)15-8)12-10(7-13-3)4-5-14-12/h6,10,12-13H,4-5,7H2,1-3H3. The Bertz CT molecular complexity index is 334. The monoisotopic (exact) mass is 225 g/mol. The Hall–Kier alpha value is -0.380. The molecule has 0 bridgehead atoms. The molecule has 2 nitrogen and oxygen atoms in total. The van der Waals surface area contributed by atoms with Crippen LogP contribution in [0.5, 0.6) is 0 Å². The van der Waals surface area contributed by atoms with Crippen LogP contribution in [0.15, 0.2) is 6.07 Å². The van der Waals surface area contributed by atoms with Gasteiger partial charge >= 0.3 is 0 Å². The number of rotatable bonds is 3. The summed E-state index contributed by atoms with van der Waals surface area (Å²) in [7, 11) is 2.01. The summed E-state index contributed by atoms with van der Waals surface area (Å²) in [4.78, 5) is 2.81. The van der Waals surface area contributed by atoms with Gasteiger partial charge in [0.25, 0.3) is 0 Å². The van der Waals surface area contributed by atoms with Gasteiger partial charge in [0, 0.05) is 28.8 Å². The van der Waals surface area contributed by atoms with Crippen LogP contribution in [0.2, 0.25) is 0 Å². The first kappa shape index (κ1) is 11.1. The molecule has 1 aromatic heterocycles. The molecule has 0 spiro atoms. The third-order valence-corrected chi connectivity index (χ3v) is 4.05. The SMILES string of the molecule is CNCC1CCOC1c1cc(C)sc1C. The Balaban J connectivity index is 2.18.